The molecule has 0 fully saturated rings. The topological polar surface area (TPSA) is 52.5 Å². The van der Waals surface area contributed by atoms with Crippen LogP contribution in [-0.4, -0.2) is 18.3 Å². The summed E-state index contributed by atoms with van der Waals surface area (Å²) in [6.07, 6.45) is 0. The first kappa shape index (κ1) is 82.5. The molecule has 0 N–H and O–H groups in total. The molecule has 29 rings (SSSR count). The predicted octanol–water partition coefficient (Wildman–Crippen LogP) is 37.1. The van der Waals surface area contributed by atoms with Crippen LogP contribution in [0.1, 0.15) is 25.0 Å². The van der Waals surface area contributed by atoms with Crippen LogP contribution < -0.4 is 9.80 Å². The van der Waals surface area contributed by atoms with Gasteiger partial charge in [-0.15, -0.1) is 0 Å². The van der Waals surface area contributed by atoms with Crippen molar-refractivity contribution in [1.82, 2.24) is 18.3 Å². The van der Waals surface area contributed by atoms with Gasteiger partial charge in [-0.25, -0.2) is 0 Å². The lowest BCUT2D eigenvalue weighted by Gasteiger charge is -2.28. The summed E-state index contributed by atoms with van der Waals surface area (Å²) in [4.78, 5) is 4.78. The van der Waals surface area contributed by atoms with Gasteiger partial charge in [-0.3, -0.25) is 0 Å². The smallest absolute Gasteiger partial charge is 0.143 e. The summed E-state index contributed by atoms with van der Waals surface area (Å²) in [6, 6.07) is 185. The molecule has 6 heterocycles. The first-order chi connectivity index (χ1) is 70.7. The van der Waals surface area contributed by atoms with E-state index in [0.717, 1.165) is 129 Å². The molecule has 0 atom stereocenters. The van der Waals surface area contributed by atoms with Crippen LogP contribution in [0.25, 0.3) is 221 Å². The Bertz CT molecular complexity index is 9800. The van der Waals surface area contributed by atoms with Crippen molar-refractivity contribution in [3.8, 4) is 89.5 Å². The van der Waals surface area contributed by atoms with Gasteiger partial charge < -0.3 is 36.9 Å². The first-order valence-electron chi connectivity index (χ1n) is 49.1. The minimum atomic E-state index is -0.269. The number of hydrogen-bond donors (Lipinski definition) is 0. The summed E-state index contributed by atoms with van der Waals surface area (Å²) >= 11 is 0. The van der Waals surface area contributed by atoms with Crippen molar-refractivity contribution in [2.24, 2.45) is 0 Å². The van der Waals surface area contributed by atoms with E-state index in [1.807, 2.05) is 18.2 Å². The molecule has 0 unspecified atom stereocenters. The number of furan rings is 2. The van der Waals surface area contributed by atoms with E-state index in [4.69, 9.17) is 8.83 Å². The first-order valence-corrected chi connectivity index (χ1v) is 49.1. The Hall–Kier alpha value is -18.8. The maximum atomic E-state index is 6.54. The van der Waals surface area contributed by atoms with Gasteiger partial charge in [-0.05, 0) is 273 Å². The van der Waals surface area contributed by atoms with Gasteiger partial charge in [0.15, 0.2) is 0 Å². The van der Waals surface area contributed by atoms with E-state index in [2.05, 4.69) is 533 Å². The number of benzene rings is 22. The molecule has 0 aliphatic heterocycles. The summed E-state index contributed by atoms with van der Waals surface area (Å²) in [5.41, 5.74) is 40.8. The van der Waals surface area contributed by atoms with Gasteiger partial charge in [0.2, 0.25) is 0 Å². The highest BCUT2D eigenvalue weighted by molar-refractivity contribution is 6.15. The van der Waals surface area contributed by atoms with Gasteiger partial charge >= 0.3 is 0 Å². The van der Waals surface area contributed by atoms with Gasteiger partial charge in [0.1, 0.15) is 22.3 Å². The van der Waals surface area contributed by atoms with E-state index < -0.39 is 0 Å². The molecule has 0 bridgehead atoms. The molecule has 1 aliphatic rings. The average molecular weight is 1830 g/mol. The minimum absolute atomic E-state index is 0.269. The fraction of sp³-hybridized carbons (Fsp3) is 0.0222. The van der Waals surface area contributed by atoms with E-state index in [1.165, 1.54) is 137 Å². The van der Waals surface area contributed by atoms with Crippen LogP contribution in [0, 0.1) is 0 Å². The van der Waals surface area contributed by atoms with Crippen LogP contribution in [0.2, 0.25) is 0 Å². The van der Waals surface area contributed by atoms with Crippen LogP contribution >= 0.6 is 0 Å². The van der Waals surface area contributed by atoms with Crippen molar-refractivity contribution in [3.05, 3.63) is 521 Å². The molecule has 8 heteroatoms. The predicted molar refractivity (Wildman–Crippen MR) is 599 cm³/mol. The van der Waals surface area contributed by atoms with Crippen molar-refractivity contribution in [1.29, 1.82) is 0 Å². The molecule has 8 nitrogen and oxygen atoms in total. The third-order valence-corrected chi connectivity index (χ3v) is 29.9. The SMILES string of the molecule is CC1(C)c2cc(-c3cccc4c3oc3ccccc34)ccc2-c2ccc(N(c3ccc(-c4ccc5c6ccccc6n(-c6ccccc6)c5c4)cc3)c3ccc(-n4c5ccccc5c5ccccc54)cc3)cc21.c1ccc(-n2c3ccccc3c3ccc(-c4ccc(N(c5ccc(-c6ccc(-c7ccc8oc9ccccc9c8c7)cc6)cc5)c5ccc(-n6c7ccccc7c7ccccc76)cc5)cc4)cc32)cc1. The molecular weight excluding hydrogens is 1740 g/mol. The third kappa shape index (κ3) is 13.7. The molecule has 143 heavy (non-hydrogen) atoms. The number of rotatable bonds is 15. The molecule has 0 spiro atoms. The molecular formula is C135H90N6O2. The summed E-state index contributed by atoms with van der Waals surface area (Å²) in [5, 5.41) is 14.6. The second kappa shape index (κ2) is 33.3. The lowest BCUT2D eigenvalue weighted by atomic mass is 9.81. The summed E-state index contributed by atoms with van der Waals surface area (Å²) in [6.45, 7) is 4.75. The Kier molecular flexibility index (Phi) is 19.2. The van der Waals surface area contributed by atoms with Gasteiger partial charge in [0.25, 0.3) is 0 Å². The molecule has 1 aliphatic carbocycles. The normalized spacial score (nSPS) is 12.3. The second-order valence-corrected chi connectivity index (χ2v) is 38.2. The van der Waals surface area contributed by atoms with Gasteiger partial charge in [0.05, 0.1) is 44.1 Å². The third-order valence-electron chi connectivity index (χ3n) is 29.9. The van der Waals surface area contributed by atoms with Crippen molar-refractivity contribution < 1.29 is 8.83 Å². The number of hydrogen-bond acceptors (Lipinski definition) is 4. The monoisotopic (exact) mass is 1830 g/mol. The van der Waals surface area contributed by atoms with E-state index >= 15 is 0 Å². The number of anilines is 6. The van der Waals surface area contributed by atoms with Crippen LogP contribution in [0.3, 0.4) is 0 Å². The van der Waals surface area contributed by atoms with Crippen molar-refractivity contribution >= 4 is 165 Å². The number of nitrogens with zero attached hydrogens (tertiary/aromatic N) is 6. The molecule has 22 aromatic carbocycles. The number of para-hydroxylation sites is 11. The highest BCUT2D eigenvalue weighted by Crippen LogP contribution is 2.54. The maximum absolute atomic E-state index is 6.54. The molecule has 0 radical (unpaired) electrons. The second-order valence-electron chi connectivity index (χ2n) is 38.2. The Labute approximate surface area is 825 Å². The highest BCUT2D eigenvalue weighted by atomic mass is 16.3. The van der Waals surface area contributed by atoms with Gasteiger partial charge in [-0.2, -0.15) is 0 Å². The molecule has 672 valence electrons. The summed E-state index contributed by atoms with van der Waals surface area (Å²) in [5.74, 6) is 0. The molecule has 0 saturated carbocycles. The van der Waals surface area contributed by atoms with Crippen molar-refractivity contribution in [3.63, 3.8) is 0 Å². The Balaban J connectivity index is 0.000000140. The maximum Gasteiger partial charge on any atom is 0.143 e. The van der Waals surface area contributed by atoms with Crippen molar-refractivity contribution in [2.75, 3.05) is 9.80 Å². The zero-order chi connectivity index (χ0) is 94.5. The summed E-state index contributed by atoms with van der Waals surface area (Å²) in [7, 11) is 0. The van der Waals surface area contributed by atoms with Gasteiger partial charge in [-0.1, -0.05) is 323 Å². The van der Waals surface area contributed by atoms with E-state index in [0.29, 0.717) is 0 Å². The quantitative estimate of drug-likeness (QED) is 0.103. The standard InChI is InChI=1S/C69H47N3O.C66H43N3O/c1-69(2)61-41-46(52-21-14-22-60-59-20-9-13-26-67(59)73-68(52)60)30-38-53(61)54-40-37-51(43-62(54)69)70(49-33-35-50(36-34-49)71-63-23-10-6-17-55(63)56-18-7-11-24-64(56)71)48-31-27-44(28-32-48)45-29-39-58-57-19-8-12-25-65(57)72(66(58)42-45)47-15-4-3-5-16-47;1-2-12-50(13-3-1)69-63-20-10-6-16-57(63)58-40-30-49(43-64(58)69)47-28-34-52(35-29-47)67(53-36-38-54(39-37-53)68-61-18-8-4-14-55(61)56-15-5-9-19-62(56)68)51-32-26-45(27-33-51)44-22-24-46(25-23-44)48-31-41-66-60(42-48)59-17-7-11-21-65(59)70-66/h3-43H,1-2H3;1-43H. The highest BCUT2D eigenvalue weighted by Gasteiger charge is 2.37. The van der Waals surface area contributed by atoms with Crippen LogP contribution in [-0.2, 0) is 5.41 Å². The zero-order valence-corrected chi connectivity index (χ0v) is 78.5. The fourth-order valence-corrected chi connectivity index (χ4v) is 23.0. The van der Waals surface area contributed by atoms with Crippen LogP contribution in [0.4, 0.5) is 34.1 Å². The molecule has 28 aromatic rings. The van der Waals surface area contributed by atoms with E-state index in [1.54, 1.807) is 0 Å². The minimum Gasteiger partial charge on any atom is -0.456 e. The Morgan fingerprint density at radius 1 is 0.168 bits per heavy atom. The van der Waals surface area contributed by atoms with Gasteiger partial charge in [0, 0.05) is 132 Å². The summed E-state index contributed by atoms with van der Waals surface area (Å²) < 4.78 is 22.2. The van der Waals surface area contributed by atoms with E-state index in [9.17, 15) is 0 Å². The van der Waals surface area contributed by atoms with Crippen LogP contribution in [0.5, 0.6) is 0 Å². The lowest BCUT2D eigenvalue weighted by Crippen LogP contribution is -2.16. The zero-order valence-electron chi connectivity index (χ0n) is 78.5. The fourth-order valence-electron chi connectivity index (χ4n) is 23.0. The Morgan fingerprint density at radius 2 is 0.448 bits per heavy atom. The molecule has 0 saturated heterocycles. The average Bonchev–Trinajstić information content (AvgIpc) is 1.50. The number of aromatic nitrogens is 4. The number of fused-ring (bicyclic) bond motifs is 21. The van der Waals surface area contributed by atoms with Crippen molar-refractivity contribution in [2.45, 2.75) is 19.3 Å². The van der Waals surface area contributed by atoms with E-state index in [-0.39, 0.29) is 5.41 Å². The van der Waals surface area contributed by atoms with Crippen LogP contribution in [0.15, 0.2) is 518 Å². The Morgan fingerprint density at radius 3 is 0.881 bits per heavy atom. The lowest BCUT2D eigenvalue weighted by molar-refractivity contribution is 0.660. The largest absolute Gasteiger partial charge is 0.456 e. The molecule has 6 aromatic heterocycles. The molecule has 0 amide bonds.